The second-order valence-corrected chi connectivity index (χ2v) is 8.09. The van der Waals surface area contributed by atoms with Crippen molar-refractivity contribution in [1.82, 2.24) is 5.32 Å². The topological polar surface area (TPSA) is 84.9 Å². The van der Waals surface area contributed by atoms with Crippen LogP contribution in [0.4, 0.5) is 9.18 Å². The summed E-state index contributed by atoms with van der Waals surface area (Å²) in [6.45, 7) is 2.94. The number of carbonyl (C=O) groups is 2. The van der Waals surface area contributed by atoms with Gasteiger partial charge in [-0.2, -0.15) is 0 Å². The Morgan fingerprint density at radius 2 is 1.91 bits per heavy atom. The zero-order valence-electron chi connectivity index (χ0n) is 18.4. The highest BCUT2D eigenvalue weighted by atomic mass is 35.5. The molecule has 2 N–H and O–H groups in total. The minimum Gasteiger partial charge on any atom is -0.464 e. The van der Waals surface area contributed by atoms with Gasteiger partial charge in [0.25, 0.3) is 6.92 Å². The molecule has 6 nitrogen and oxygen atoms in total. The average Bonchev–Trinajstić information content (AvgIpc) is 2.75. The molecule has 0 aliphatic carbocycles. The summed E-state index contributed by atoms with van der Waals surface area (Å²) >= 11 is 5.99. The minimum absolute atomic E-state index is 0.129. The van der Waals surface area contributed by atoms with E-state index in [-0.39, 0.29) is 24.8 Å². The van der Waals surface area contributed by atoms with Crippen LogP contribution in [-0.4, -0.2) is 43.8 Å². The van der Waals surface area contributed by atoms with E-state index in [1.807, 2.05) is 12.1 Å². The molecule has 2 rings (SSSR count). The van der Waals surface area contributed by atoms with Crippen LogP contribution in [0.25, 0.3) is 11.1 Å². The first-order valence-electron chi connectivity index (χ1n) is 10.5. The average molecular weight is 464 g/mol. The number of benzene rings is 2. The predicted octanol–water partition coefficient (Wildman–Crippen LogP) is 4.60. The molecule has 0 aliphatic heterocycles. The van der Waals surface area contributed by atoms with E-state index in [0.29, 0.717) is 28.9 Å². The van der Waals surface area contributed by atoms with E-state index < -0.39 is 25.0 Å². The van der Waals surface area contributed by atoms with Crippen LogP contribution < -0.4 is 5.32 Å². The first-order chi connectivity index (χ1) is 15.2. The van der Waals surface area contributed by atoms with E-state index in [9.17, 15) is 19.0 Å². The van der Waals surface area contributed by atoms with Gasteiger partial charge in [-0.1, -0.05) is 42.7 Å². The third-order valence-electron chi connectivity index (χ3n) is 5.01. The van der Waals surface area contributed by atoms with Crippen molar-refractivity contribution in [2.24, 2.45) is 5.92 Å². The lowest BCUT2D eigenvalue weighted by atomic mass is 9.62. The van der Waals surface area contributed by atoms with Crippen LogP contribution in [0, 0.1) is 11.7 Å². The van der Waals surface area contributed by atoms with Crippen molar-refractivity contribution >= 4 is 30.6 Å². The first-order valence-corrected chi connectivity index (χ1v) is 10.8. The lowest BCUT2D eigenvalue weighted by Crippen LogP contribution is -2.43. The molecular formula is C23H28BClFNO5. The van der Waals surface area contributed by atoms with Crippen molar-refractivity contribution < 1.29 is 28.5 Å². The third kappa shape index (κ3) is 7.84. The fourth-order valence-corrected chi connectivity index (χ4v) is 3.78. The monoisotopic (exact) mass is 463 g/mol. The SMILES string of the molecule is CCOC(=O)[C@@H](C[C@H](CB(C)O)Cc1ccc(-c2cc(Cl)ccc2F)cc1)NC(=O)OC. The standard InChI is InChI=1S/C23H28BClFNO5/c1-4-32-22(28)21(27-23(29)31-3)12-16(14-24(2)30)11-15-5-7-17(8-6-15)19-13-18(25)9-10-20(19)26/h5-10,13,16,21,30H,4,11-12,14H2,1-3H3,(H,27,29)/t16-,21-/m1/s1. The summed E-state index contributed by atoms with van der Waals surface area (Å²) in [5, 5.41) is 12.9. The van der Waals surface area contributed by atoms with E-state index in [1.165, 1.54) is 19.2 Å². The Kier molecular flexibility index (Phi) is 10.00. The number of halogens is 2. The maximum absolute atomic E-state index is 14.1. The van der Waals surface area contributed by atoms with Crippen molar-refractivity contribution in [2.75, 3.05) is 13.7 Å². The van der Waals surface area contributed by atoms with Gasteiger partial charge in [0.1, 0.15) is 11.9 Å². The van der Waals surface area contributed by atoms with Gasteiger partial charge in [0.05, 0.1) is 13.7 Å². The molecule has 2 aromatic carbocycles. The number of hydrogen-bond donors (Lipinski definition) is 2. The number of carbonyl (C=O) groups excluding carboxylic acids is 2. The molecule has 32 heavy (non-hydrogen) atoms. The molecule has 0 saturated heterocycles. The highest BCUT2D eigenvalue weighted by Gasteiger charge is 2.28. The minimum atomic E-state index is -0.897. The van der Waals surface area contributed by atoms with Crippen LogP contribution in [0.15, 0.2) is 42.5 Å². The highest BCUT2D eigenvalue weighted by molar-refractivity contribution is 6.48. The molecule has 2 atom stereocenters. The van der Waals surface area contributed by atoms with Gasteiger partial charge < -0.3 is 19.8 Å². The highest BCUT2D eigenvalue weighted by Crippen LogP contribution is 2.28. The summed E-state index contributed by atoms with van der Waals surface area (Å²) in [6.07, 6.45) is 0.501. The summed E-state index contributed by atoms with van der Waals surface area (Å²) in [5.41, 5.74) is 2.05. The van der Waals surface area contributed by atoms with E-state index in [1.54, 1.807) is 31.9 Å². The molecule has 0 aromatic heterocycles. The molecule has 0 radical (unpaired) electrons. The van der Waals surface area contributed by atoms with Crippen molar-refractivity contribution in [3.05, 3.63) is 58.9 Å². The van der Waals surface area contributed by atoms with Crippen molar-refractivity contribution in [1.29, 1.82) is 0 Å². The lowest BCUT2D eigenvalue weighted by molar-refractivity contribution is -0.146. The molecule has 0 unspecified atom stereocenters. The number of ether oxygens (including phenoxy) is 2. The summed E-state index contributed by atoms with van der Waals surface area (Å²) < 4.78 is 23.8. The summed E-state index contributed by atoms with van der Waals surface area (Å²) in [6, 6.07) is 10.9. The normalized spacial score (nSPS) is 12.6. The molecule has 0 heterocycles. The Labute approximate surface area is 193 Å². The van der Waals surface area contributed by atoms with Crippen LogP contribution in [0.2, 0.25) is 18.2 Å². The molecule has 172 valence electrons. The number of nitrogens with one attached hydrogen (secondary N) is 1. The molecule has 1 amide bonds. The maximum atomic E-state index is 14.1. The predicted molar refractivity (Wildman–Crippen MR) is 123 cm³/mol. The molecule has 9 heteroatoms. The largest absolute Gasteiger partial charge is 0.464 e. The maximum Gasteiger partial charge on any atom is 0.407 e. The molecule has 2 aromatic rings. The Hall–Kier alpha value is -2.58. The van der Waals surface area contributed by atoms with Gasteiger partial charge in [-0.25, -0.2) is 14.0 Å². The zero-order chi connectivity index (χ0) is 23.7. The summed E-state index contributed by atoms with van der Waals surface area (Å²) in [5.74, 6) is -1.05. The fraction of sp³-hybridized carbons (Fsp3) is 0.391. The van der Waals surface area contributed by atoms with Gasteiger partial charge in [-0.05, 0) is 61.3 Å². The van der Waals surface area contributed by atoms with Crippen molar-refractivity contribution in [3.8, 4) is 11.1 Å². The number of esters is 1. The Bertz CT molecular complexity index is 910. The Balaban J connectivity index is 2.19. The lowest BCUT2D eigenvalue weighted by Gasteiger charge is -2.23. The van der Waals surface area contributed by atoms with Crippen LogP contribution >= 0.6 is 11.6 Å². The van der Waals surface area contributed by atoms with E-state index in [0.717, 1.165) is 5.56 Å². The van der Waals surface area contributed by atoms with Gasteiger partial charge in [-0.15, -0.1) is 0 Å². The summed E-state index contributed by atoms with van der Waals surface area (Å²) in [4.78, 5) is 24.0. The number of rotatable bonds is 10. The molecule has 0 saturated carbocycles. The number of methoxy groups -OCH3 is 1. The second kappa shape index (κ2) is 12.5. The molecule has 0 aliphatic rings. The van der Waals surface area contributed by atoms with E-state index in [2.05, 4.69) is 10.1 Å². The van der Waals surface area contributed by atoms with Crippen LogP contribution in [0.1, 0.15) is 18.9 Å². The van der Waals surface area contributed by atoms with Gasteiger partial charge in [0, 0.05) is 10.6 Å². The molecule has 0 bridgehead atoms. The van der Waals surface area contributed by atoms with Crippen molar-refractivity contribution in [2.45, 2.75) is 39.0 Å². The van der Waals surface area contributed by atoms with Crippen LogP contribution in [0.3, 0.4) is 0 Å². The smallest absolute Gasteiger partial charge is 0.407 e. The van der Waals surface area contributed by atoms with Crippen molar-refractivity contribution in [3.63, 3.8) is 0 Å². The van der Waals surface area contributed by atoms with E-state index >= 15 is 0 Å². The third-order valence-corrected chi connectivity index (χ3v) is 5.24. The fourth-order valence-electron chi connectivity index (χ4n) is 3.61. The number of alkyl carbamates (subject to hydrolysis) is 1. The van der Waals surface area contributed by atoms with Crippen LogP contribution in [0.5, 0.6) is 0 Å². The van der Waals surface area contributed by atoms with Crippen LogP contribution in [-0.2, 0) is 20.7 Å². The number of amides is 1. The van der Waals surface area contributed by atoms with Gasteiger partial charge in [0.2, 0.25) is 0 Å². The first kappa shape index (κ1) is 25.7. The zero-order valence-corrected chi connectivity index (χ0v) is 19.2. The molecular weight excluding hydrogens is 436 g/mol. The summed E-state index contributed by atoms with van der Waals surface area (Å²) in [7, 11) is 1.22. The van der Waals surface area contributed by atoms with Gasteiger partial charge >= 0.3 is 12.1 Å². The van der Waals surface area contributed by atoms with E-state index in [4.69, 9.17) is 16.3 Å². The Morgan fingerprint density at radius 1 is 1.22 bits per heavy atom. The number of hydrogen-bond acceptors (Lipinski definition) is 5. The quantitative estimate of drug-likeness (QED) is 0.397. The molecule has 0 fully saturated rings. The molecule has 0 spiro atoms. The van der Waals surface area contributed by atoms with Gasteiger partial charge in [-0.3, -0.25) is 0 Å². The second-order valence-electron chi connectivity index (χ2n) is 7.65. The Morgan fingerprint density at radius 3 is 2.50 bits per heavy atom. The van der Waals surface area contributed by atoms with Gasteiger partial charge in [0.15, 0.2) is 0 Å².